The fraction of sp³-hybridized carbons (Fsp3) is 0.184. The Bertz CT molecular complexity index is 2350. The van der Waals surface area contributed by atoms with Crippen LogP contribution in [0.3, 0.4) is 0 Å². The summed E-state index contributed by atoms with van der Waals surface area (Å²) in [5, 5.41) is 9.98. The highest BCUT2D eigenvalue weighted by Gasteiger charge is 2.23. The molecule has 50 heavy (non-hydrogen) atoms. The van der Waals surface area contributed by atoms with Crippen molar-refractivity contribution < 1.29 is 32.6 Å². The topological polar surface area (TPSA) is 114 Å². The molecule has 0 unspecified atom stereocenters. The maximum absolute atomic E-state index is 15.5. The Morgan fingerprint density at radius 3 is 2.28 bits per heavy atom. The molecule has 1 saturated heterocycles. The lowest BCUT2D eigenvalue weighted by atomic mass is 10.1. The third-order valence-electron chi connectivity index (χ3n) is 8.94. The fourth-order valence-electron chi connectivity index (χ4n) is 6.22. The molecule has 1 fully saturated rings. The molecule has 1 N–H and O–H groups in total. The number of nitrogens with zero attached hydrogens (tertiary/aromatic N) is 3. The van der Waals surface area contributed by atoms with Gasteiger partial charge in [0.1, 0.15) is 47.1 Å². The molecule has 10 nitrogen and oxygen atoms in total. The summed E-state index contributed by atoms with van der Waals surface area (Å²) in [6, 6.07) is 20.3. The molecular weight excluding hydrogens is 648 g/mol. The molecule has 0 bridgehead atoms. The molecule has 0 spiro atoms. The van der Waals surface area contributed by atoms with Gasteiger partial charge in [-0.1, -0.05) is 12.1 Å². The van der Waals surface area contributed by atoms with Crippen LogP contribution >= 0.6 is 0 Å². The SMILES string of the molecule is COc1ccc(-c2coc3cc(OCCN4CCN(c5cc6c(cc5F)c(=O)c(C(=O)O)cn6-c5ccc(F)cc5)CC4)ccc3c2=O)cc1. The normalized spacial score (nSPS) is 13.5. The maximum Gasteiger partial charge on any atom is 0.341 e. The van der Waals surface area contributed by atoms with E-state index >= 15 is 4.39 Å². The number of piperazine rings is 1. The number of aromatic nitrogens is 1. The third kappa shape index (κ3) is 6.28. The van der Waals surface area contributed by atoms with Gasteiger partial charge in [0.15, 0.2) is 5.43 Å². The molecule has 0 radical (unpaired) electrons. The van der Waals surface area contributed by atoms with Gasteiger partial charge in [0.05, 0.1) is 29.3 Å². The standard InChI is InChI=1S/C38H31F2N3O7/c1-48-26-8-2-23(3-9-26)31-22-50-35-18-27(10-11-28(35)36(31)44)49-17-16-41-12-14-42(15-13-41)34-20-33-29(19-32(34)40)37(45)30(38(46)47)21-43(33)25-6-4-24(39)5-7-25/h2-11,18-22H,12-17H2,1H3,(H,46,47). The number of carboxylic acids is 1. The summed E-state index contributed by atoms with van der Waals surface area (Å²) in [7, 11) is 1.58. The van der Waals surface area contributed by atoms with Gasteiger partial charge in [-0.2, -0.15) is 0 Å². The van der Waals surface area contributed by atoms with Crippen molar-refractivity contribution in [2.45, 2.75) is 0 Å². The number of halogens is 2. The van der Waals surface area contributed by atoms with Crippen molar-refractivity contribution in [1.82, 2.24) is 9.47 Å². The summed E-state index contributed by atoms with van der Waals surface area (Å²) < 4.78 is 47.6. The van der Waals surface area contributed by atoms with E-state index in [1.807, 2.05) is 4.90 Å². The third-order valence-corrected chi connectivity index (χ3v) is 8.94. The monoisotopic (exact) mass is 679 g/mol. The van der Waals surface area contributed by atoms with Crippen LogP contribution in [0.15, 0.2) is 105 Å². The summed E-state index contributed by atoms with van der Waals surface area (Å²) in [5.74, 6) is -1.30. The van der Waals surface area contributed by atoms with Crippen molar-refractivity contribution in [3.05, 3.63) is 129 Å². The predicted octanol–water partition coefficient (Wildman–Crippen LogP) is 5.95. The lowest BCUT2D eigenvalue weighted by Gasteiger charge is -2.36. The molecule has 1 aliphatic heterocycles. The summed E-state index contributed by atoms with van der Waals surface area (Å²) >= 11 is 0. The van der Waals surface area contributed by atoms with Crippen molar-refractivity contribution >= 4 is 33.5 Å². The molecule has 254 valence electrons. The number of carbonyl (C=O) groups is 1. The highest BCUT2D eigenvalue weighted by Crippen LogP contribution is 2.29. The number of hydrogen-bond donors (Lipinski definition) is 1. The van der Waals surface area contributed by atoms with Crippen molar-refractivity contribution in [3.63, 3.8) is 0 Å². The number of rotatable bonds is 9. The van der Waals surface area contributed by atoms with Gasteiger partial charge in [-0.15, -0.1) is 0 Å². The first-order chi connectivity index (χ1) is 24.2. The van der Waals surface area contributed by atoms with E-state index in [1.54, 1.807) is 49.6 Å². The van der Waals surface area contributed by atoms with Gasteiger partial charge in [0.25, 0.3) is 0 Å². The van der Waals surface area contributed by atoms with Crippen LogP contribution in [0.5, 0.6) is 11.5 Å². The molecule has 1 aliphatic rings. The second kappa shape index (κ2) is 13.5. The van der Waals surface area contributed by atoms with E-state index < -0.39 is 28.6 Å². The highest BCUT2D eigenvalue weighted by molar-refractivity contribution is 5.94. The van der Waals surface area contributed by atoms with Gasteiger partial charge >= 0.3 is 5.97 Å². The quantitative estimate of drug-likeness (QED) is 0.198. The summed E-state index contributed by atoms with van der Waals surface area (Å²) in [4.78, 5) is 42.0. The molecule has 0 atom stereocenters. The first kappa shape index (κ1) is 32.5. The minimum atomic E-state index is -1.44. The Labute approximate surface area is 283 Å². The Hall–Kier alpha value is -6.01. The summed E-state index contributed by atoms with van der Waals surface area (Å²) in [6.45, 7) is 3.20. The molecule has 3 heterocycles. The molecule has 7 rings (SSSR count). The van der Waals surface area contributed by atoms with E-state index in [0.29, 0.717) is 78.6 Å². The molecule has 12 heteroatoms. The van der Waals surface area contributed by atoms with Crippen molar-refractivity contribution in [1.29, 1.82) is 0 Å². The second-order valence-corrected chi connectivity index (χ2v) is 11.9. The number of hydrogen-bond acceptors (Lipinski definition) is 8. The van der Waals surface area contributed by atoms with Gasteiger partial charge < -0.3 is 28.5 Å². The van der Waals surface area contributed by atoms with E-state index in [2.05, 4.69) is 4.90 Å². The maximum atomic E-state index is 15.5. The number of anilines is 1. The minimum Gasteiger partial charge on any atom is -0.497 e. The molecule has 6 aromatic rings. The van der Waals surface area contributed by atoms with E-state index in [9.17, 15) is 23.9 Å². The Kier molecular flexibility index (Phi) is 8.77. The van der Waals surface area contributed by atoms with Crippen LogP contribution in [0.1, 0.15) is 10.4 Å². The first-order valence-corrected chi connectivity index (χ1v) is 15.9. The first-order valence-electron chi connectivity index (χ1n) is 15.9. The van der Waals surface area contributed by atoms with Gasteiger partial charge in [-0.3, -0.25) is 14.5 Å². The van der Waals surface area contributed by atoms with Crippen LogP contribution in [0, 0.1) is 11.6 Å². The molecule has 0 amide bonds. The highest BCUT2D eigenvalue weighted by atomic mass is 19.1. The van der Waals surface area contributed by atoms with Crippen LogP contribution in [0.2, 0.25) is 0 Å². The van der Waals surface area contributed by atoms with Gasteiger partial charge in [0.2, 0.25) is 5.43 Å². The van der Waals surface area contributed by atoms with Crippen LogP contribution in [0.25, 0.3) is 38.7 Å². The number of ether oxygens (including phenoxy) is 2. The van der Waals surface area contributed by atoms with Crippen LogP contribution in [-0.2, 0) is 0 Å². The zero-order chi connectivity index (χ0) is 34.9. The van der Waals surface area contributed by atoms with Gasteiger partial charge in [-0.05, 0) is 66.2 Å². The van der Waals surface area contributed by atoms with E-state index in [4.69, 9.17) is 13.9 Å². The fourth-order valence-corrected chi connectivity index (χ4v) is 6.22. The second-order valence-electron chi connectivity index (χ2n) is 11.9. The number of fused-ring (bicyclic) bond motifs is 2. The number of carboxylic acid groups (broad SMARTS) is 1. The lowest BCUT2D eigenvalue weighted by molar-refractivity contribution is 0.0695. The van der Waals surface area contributed by atoms with Crippen molar-refractivity contribution in [3.8, 4) is 28.3 Å². The van der Waals surface area contributed by atoms with Gasteiger partial charge in [0, 0.05) is 56.1 Å². The lowest BCUT2D eigenvalue weighted by Crippen LogP contribution is -2.47. The average molecular weight is 680 g/mol. The summed E-state index contributed by atoms with van der Waals surface area (Å²) in [5.41, 5.74) is 1.14. The molecular formula is C38H31F2N3O7. The zero-order valence-electron chi connectivity index (χ0n) is 26.9. The van der Waals surface area contributed by atoms with E-state index in [-0.39, 0.29) is 16.5 Å². The van der Waals surface area contributed by atoms with E-state index in [0.717, 1.165) is 11.6 Å². The van der Waals surface area contributed by atoms with Crippen LogP contribution in [-0.4, -0.2) is 67.0 Å². The molecule has 4 aromatic carbocycles. The zero-order valence-corrected chi connectivity index (χ0v) is 26.9. The minimum absolute atomic E-state index is 0.0862. The molecule has 2 aromatic heterocycles. The predicted molar refractivity (Wildman–Crippen MR) is 185 cm³/mol. The van der Waals surface area contributed by atoms with Gasteiger partial charge in [-0.25, -0.2) is 13.6 Å². The van der Waals surface area contributed by atoms with Crippen LogP contribution in [0.4, 0.5) is 14.5 Å². The Balaban J connectivity index is 1.02. The van der Waals surface area contributed by atoms with Crippen LogP contribution < -0.4 is 25.2 Å². The number of aromatic carboxylic acids is 1. The Morgan fingerprint density at radius 2 is 1.58 bits per heavy atom. The Morgan fingerprint density at radius 1 is 0.860 bits per heavy atom. The summed E-state index contributed by atoms with van der Waals surface area (Å²) in [6.07, 6.45) is 2.63. The van der Waals surface area contributed by atoms with E-state index in [1.165, 1.54) is 47.4 Å². The number of pyridine rings is 1. The molecule has 0 saturated carbocycles. The molecule has 0 aliphatic carbocycles. The van der Waals surface area contributed by atoms with Crippen molar-refractivity contribution in [2.75, 3.05) is 51.3 Å². The number of benzene rings is 4. The average Bonchev–Trinajstić information content (AvgIpc) is 3.13. The van der Waals surface area contributed by atoms with Crippen molar-refractivity contribution in [2.24, 2.45) is 0 Å². The largest absolute Gasteiger partial charge is 0.497 e. The number of methoxy groups -OCH3 is 1. The smallest absolute Gasteiger partial charge is 0.341 e.